The molecule has 1 aliphatic rings. The lowest BCUT2D eigenvalue weighted by Gasteiger charge is -2.25. The van der Waals surface area contributed by atoms with Crippen LogP contribution in [0.1, 0.15) is 47.0 Å². The molecular weight excluding hydrogens is 260 g/mol. The van der Waals surface area contributed by atoms with Crippen molar-refractivity contribution < 1.29 is 0 Å². The highest BCUT2D eigenvalue weighted by atomic mass is 15.0. The lowest BCUT2D eigenvalue weighted by atomic mass is 9.86. The van der Waals surface area contributed by atoms with Gasteiger partial charge in [0.15, 0.2) is 0 Å². The second-order valence-corrected chi connectivity index (χ2v) is 5.96. The van der Waals surface area contributed by atoms with Crippen LogP contribution in [-0.2, 0) is 0 Å². The summed E-state index contributed by atoms with van der Waals surface area (Å²) in [6, 6.07) is 0. The number of dihydropyridines is 1. The molecule has 0 aromatic rings. The first kappa shape index (κ1) is 17.3. The smallest absolute Gasteiger partial charge is 0.143 e. The summed E-state index contributed by atoms with van der Waals surface area (Å²) in [6.45, 7) is 9.57. The Bertz CT molecular complexity index is 444. The van der Waals surface area contributed by atoms with Crippen LogP contribution >= 0.6 is 0 Å². The highest BCUT2D eigenvalue weighted by Gasteiger charge is 2.21. The number of rotatable bonds is 7. The minimum atomic E-state index is 0.311. The van der Waals surface area contributed by atoms with Crippen molar-refractivity contribution in [1.29, 1.82) is 5.41 Å². The van der Waals surface area contributed by atoms with Crippen molar-refractivity contribution in [3.05, 3.63) is 35.3 Å². The summed E-state index contributed by atoms with van der Waals surface area (Å²) < 4.78 is 0. The number of unbranched alkanes of at least 4 members (excludes halogenated alkanes) is 2. The fourth-order valence-corrected chi connectivity index (χ4v) is 2.23. The first-order chi connectivity index (χ1) is 9.99. The van der Waals surface area contributed by atoms with Crippen LogP contribution in [0.15, 0.2) is 35.3 Å². The average molecular weight is 290 g/mol. The van der Waals surface area contributed by atoms with E-state index in [0.29, 0.717) is 23.4 Å². The minimum Gasteiger partial charge on any atom is -0.394 e. The topological polar surface area (TPSA) is 73.9 Å². The molecule has 118 valence electrons. The third kappa shape index (κ3) is 4.96. The summed E-state index contributed by atoms with van der Waals surface area (Å²) in [6.07, 6.45) is 9.37. The molecule has 1 atom stereocenters. The van der Waals surface area contributed by atoms with Crippen molar-refractivity contribution in [1.82, 2.24) is 10.6 Å². The molecule has 4 nitrogen and oxygen atoms in total. The van der Waals surface area contributed by atoms with Crippen LogP contribution in [0.25, 0.3) is 0 Å². The number of nitrogens with two attached hydrogens (primary N) is 1. The molecule has 0 saturated carbocycles. The van der Waals surface area contributed by atoms with Gasteiger partial charge >= 0.3 is 0 Å². The maximum absolute atomic E-state index is 8.12. The van der Waals surface area contributed by atoms with Gasteiger partial charge in [0.1, 0.15) is 5.84 Å². The summed E-state index contributed by atoms with van der Waals surface area (Å²) in [5.74, 6) is 1.23. The molecule has 0 spiro atoms. The van der Waals surface area contributed by atoms with Gasteiger partial charge in [-0.2, -0.15) is 0 Å². The maximum Gasteiger partial charge on any atom is 0.143 e. The molecule has 5 N–H and O–H groups in total. The van der Waals surface area contributed by atoms with E-state index in [2.05, 4.69) is 44.4 Å². The predicted molar refractivity (Wildman–Crippen MR) is 90.8 cm³/mol. The van der Waals surface area contributed by atoms with Crippen LogP contribution in [-0.4, -0.2) is 12.4 Å². The Balaban J connectivity index is 2.80. The van der Waals surface area contributed by atoms with Gasteiger partial charge in [0.05, 0.1) is 11.4 Å². The first-order valence-electron chi connectivity index (χ1n) is 7.95. The third-order valence-corrected chi connectivity index (χ3v) is 4.00. The van der Waals surface area contributed by atoms with Gasteiger partial charge in [-0.15, -0.1) is 0 Å². The van der Waals surface area contributed by atoms with Crippen molar-refractivity contribution in [3.63, 3.8) is 0 Å². The molecule has 0 aromatic carbocycles. The van der Waals surface area contributed by atoms with Crippen LogP contribution in [0.2, 0.25) is 0 Å². The Morgan fingerprint density at radius 1 is 1.33 bits per heavy atom. The maximum atomic E-state index is 8.12. The van der Waals surface area contributed by atoms with Crippen LogP contribution in [0.5, 0.6) is 0 Å². The van der Waals surface area contributed by atoms with Crippen LogP contribution in [0, 0.1) is 17.2 Å². The van der Waals surface area contributed by atoms with Gasteiger partial charge in [-0.1, -0.05) is 46.6 Å². The highest BCUT2D eigenvalue weighted by Crippen LogP contribution is 2.27. The zero-order valence-corrected chi connectivity index (χ0v) is 13.8. The van der Waals surface area contributed by atoms with Gasteiger partial charge in [0, 0.05) is 12.7 Å². The van der Waals surface area contributed by atoms with E-state index in [1.807, 2.05) is 12.3 Å². The van der Waals surface area contributed by atoms with Gasteiger partial charge in [-0.25, -0.2) is 0 Å². The molecule has 1 heterocycles. The molecule has 4 heteroatoms. The second-order valence-electron chi connectivity index (χ2n) is 5.96. The summed E-state index contributed by atoms with van der Waals surface area (Å²) in [4.78, 5) is 0. The first-order valence-corrected chi connectivity index (χ1v) is 7.95. The van der Waals surface area contributed by atoms with E-state index in [1.165, 1.54) is 18.4 Å². The molecule has 0 bridgehead atoms. The van der Waals surface area contributed by atoms with E-state index in [-0.39, 0.29) is 0 Å². The quantitative estimate of drug-likeness (QED) is 0.330. The molecule has 0 fully saturated rings. The fraction of sp³-hybridized carbons (Fsp3) is 0.588. The number of allylic oxidation sites excluding steroid dienone is 3. The molecule has 0 radical (unpaired) electrons. The SMILES string of the molecule is CCCCCNC(=N)/C(N)=C1\NC=CC=C1C(C)C(C)C. The van der Waals surface area contributed by atoms with E-state index in [4.69, 9.17) is 11.1 Å². The molecule has 1 aliphatic heterocycles. The molecule has 0 aromatic heterocycles. The van der Waals surface area contributed by atoms with E-state index in [9.17, 15) is 0 Å². The number of amidine groups is 1. The van der Waals surface area contributed by atoms with Crippen molar-refractivity contribution in [2.45, 2.75) is 47.0 Å². The standard InChI is InChI=1S/C17H30N4/c1-5-6-7-10-21-17(19)15(18)16-14(9-8-11-20-16)13(4)12(2)3/h8-9,11-13,20H,5-7,10,18H2,1-4H3,(H2,19,21)/b16-15+. The minimum absolute atomic E-state index is 0.311. The Hall–Kier alpha value is -1.71. The monoisotopic (exact) mass is 290 g/mol. The lowest BCUT2D eigenvalue weighted by Crippen LogP contribution is -2.33. The molecule has 0 aliphatic carbocycles. The number of hydrogen-bond donors (Lipinski definition) is 4. The van der Waals surface area contributed by atoms with Gasteiger partial charge in [-0.05, 0) is 29.9 Å². The van der Waals surface area contributed by atoms with E-state index >= 15 is 0 Å². The van der Waals surface area contributed by atoms with Crippen molar-refractivity contribution >= 4 is 5.84 Å². The summed E-state index contributed by atoms with van der Waals surface area (Å²) >= 11 is 0. The molecule has 0 amide bonds. The molecule has 1 rings (SSSR count). The Kier molecular flexibility index (Phi) is 7.06. The average Bonchev–Trinajstić information content (AvgIpc) is 2.49. The van der Waals surface area contributed by atoms with Gasteiger partial charge in [0.25, 0.3) is 0 Å². The Labute approximate surface area is 129 Å². The Morgan fingerprint density at radius 2 is 2.05 bits per heavy atom. The van der Waals surface area contributed by atoms with Crippen molar-refractivity contribution in [3.8, 4) is 0 Å². The van der Waals surface area contributed by atoms with Gasteiger partial charge in [0.2, 0.25) is 0 Å². The fourth-order valence-electron chi connectivity index (χ4n) is 2.23. The number of nitrogens with one attached hydrogen (secondary N) is 3. The van der Waals surface area contributed by atoms with E-state index in [1.54, 1.807) is 0 Å². The predicted octanol–water partition coefficient (Wildman–Crippen LogP) is 3.25. The second kappa shape index (κ2) is 8.55. The molecule has 1 unspecified atom stereocenters. The lowest BCUT2D eigenvalue weighted by molar-refractivity contribution is 0.480. The largest absolute Gasteiger partial charge is 0.394 e. The van der Waals surface area contributed by atoms with E-state index < -0.39 is 0 Å². The summed E-state index contributed by atoms with van der Waals surface area (Å²) in [7, 11) is 0. The molecular formula is C17H30N4. The molecule has 0 saturated heterocycles. The zero-order chi connectivity index (χ0) is 15.8. The Morgan fingerprint density at radius 3 is 2.67 bits per heavy atom. The molecule has 21 heavy (non-hydrogen) atoms. The third-order valence-electron chi connectivity index (χ3n) is 4.00. The van der Waals surface area contributed by atoms with Crippen molar-refractivity contribution in [2.24, 2.45) is 17.6 Å². The highest BCUT2D eigenvalue weighted by molar-refractivity contribution is 5.96. The van der Waals surface area contributed by atoms with Gasteiger partial charge in [-0.3, -0.25) is 5.41 Å². The number of hydrogen-bond acceptors (Lipinski definition) is 3. The van der Waals surface area contributed by atoms with Crippen LogP contribution < -0.4 is 16.4 Å². The van der Waals surface area contributed by atoms with Crippen LogP contribution in [0.4, 0.5) is 0 Å². The van der Waals surface area contributed by atoms with Gasteiger partial charge < -0.3 is 16.4 Å². The zero-order valence-electron chi connectivity index (χ0n) is 13.8. The summed E-state index contributed by atoms with van der Waals surface area (Å²) in [5, 5.41) is 14.4. The van der Waals surface area contributed by atoms with Crippen LogP contribution in [0.3, 0.4) is 0 Å². The normalized spacial score (nSPS) is 18.0. The van der Waals surface area contributed by atoms with E-state index in [0.717, 1.165) is 18.7 Å². The summed E-state index contributed by atoms with van der Waals surface area (Å²) in [5.41, 5.74) is 8.72. The van der Waals surface area contributed by atoms with Crippen molar-refractivity contribution in [2.75, 3.05) is 6.54 Å².